The Morgan fingerprint density at radius 2 is 0.825 bits per heavy atom. The predicted octanol–water partition coefficient (Wildman–Crippen LogP) is 14.8. The van der Waals surface area contributed by atoms with E-state index in [0.29, 0.717) is 17.5 Å². The van der Waals surface area contributed by atoms with Crippen LogP contribution in [0.5, 0.6) is 0 Å². The Bertz CT molecular complexity index is 3470. The summed E-state index contributed by atoms with van der Waals surface area (Å²) in [5, 5.41) is 7.22. The summed E-state index contributed by atoms with van der Waals surface area (Å²) < 4.78 is 12.2. The second kappa shape index (κ2) is 12.8. The number of benzene rings is 8. The SMILES string of the molecule is c1ccc(-c2nc(-c3ccccc3)nc(-c3cccc4c3oc3c(-c5cccc6c5sc5c(-c7ccc8sc9ccccc9c8c7)cccc56)cccc34)n2)cc1. The summed E-state index contributed by atoms with van der Waals surface area (Å²) in [6.45, 7) is 0. The Labute approximate surface area is 335 Å². The van der Waals surface area contributed by atoms with Crippen LogP contribution in [0.1, 0.15) is 0 Å². The third-order valence-electron chi connectivity index (χ3n) is 11.0. The highest BCUT2D eigenvalue weighted by atomic mass is 32.1. The van der Waals surface area contributed by atoms with Gasteiger partial charge in [-0.2, -0.15) is 0 Å². The Morgan fingerprint density at radius 1 is 0.316 bits per heavy atom. The van der Waals surface area contributed by atoms with E-state index in [1.807, 2.05) is 89.4 Å². The highest BCUT2D eigenvalue weighted by Gasteiger charge is 2.21. The van der Waals surface area contributed by atoms with Gasteiger partial charge in [0.1, 0.15) is 11.2 Å². The normalized spacial score (nSPS) is 11.9. The van der Waals surface area contributed by atoms with E-state index in [1.54, 1.807) is 0 Å². The van der Waals surface area contributed by atoms with Crippen LogP contribution in [0.25, 0.3) is 119 Å². The van der Waals surface area contributed by atoms with E-state index >= 15 is 0 Å². The molecule has 8 aromatic carbocycles. The molecule has 0 amide bonds. The minimum absolute atomic E-state index is 0.571. The van der Waals surface area contributed by atoms with Gasteiger partial charge in [0.25, 0.3) is 0 Å². The van der Waals surface area contributed by atoms with Crippen LogP contribution in [0.3, 0.4) is 0 Å². The Hall–Kier alpha value is -6.99. The summed E-state index contributed by atoms with van der Waals surface area (Å²) in [7, 11) is 0. The number of thiophene rings is 2. The van der Waals surface area contributed by atoms with Crippen molar-refractivity contribution in [3.05, 3.63) is 176 Å². The molecule has 0 saturated carbocycles. The smallest absolute Gasteiger partial charge is 0.167 e. The van der Waals surface area contributed by atoms with Gasteiger partial charge < -0.3 is 4.42 Å². The molecule has 12 rings (SSSR count). The molecule has 57 heavy (non-hydrogen) atoms. The van der Waals surface area contributed by atoms with Crippen LogP contribution in [0, 0.1) is 0 Å². The van der Waals surface area contributed by atoms with Crippen molar-refractivity contribution in [2.24, 2.45) is 0 Å². The van der Waals surface area contributed by atoms with Gasteiger partial charge in [-0.15, -0.1) is 22.7 Å². The zero-order valence-electron chi connectivity index (χ0n) is 30.3. The summed E-state index contributed by atoms with van der Waals surface area (Å²) in [4.78, 5) is 15.0. The van der Waals surface area contributed by atoms with Crippen LogP contribution < -0.4 is 0 Å². The average molecular weight is 764 g/mol. The number of aromatic nitrogens is 3. The van der Waals surface area contributed by atoms with Crippen LogP contribution in [-0.2, 0) is 0 Å². The van der Waals surface area contributed by atoms with Gasteiger partial charge in [0.05, 0.1) is 5.56 Å². The van der Waals surface area contributed by atoms with Crippen LogP contribution in [-0.4, -0.2) is 15.0 Å². The standard InChI is InChI=1S/C51H29N3OS2/c1-3-13-30(14-4-1)49-52-50(31-15-5-2-6-16-31)54-51(53-49)41-25-11-20-36-35-19-10-21-37(45(35)55-46(36)41)38-22-12-24-40-39-23-9-18-33(47(39)57-48(38)40)32-27-28-44-42(29-32)34-17-7-8-26-43(34)56-44/h1-29H. The molecule has 0 aliphatic carbocycles. The highest BCUT2D eigenvalue weighted by molar-refractivity contribution is 7.27. The fourth-order valence-corrected chi connectivity index (χ4v) is 10.7. The number of hydrogen-bond donors (Lipinski definition) is 0. The number of nitrogens with zero attached hydrogens (tertiary/aromatic N) is 3. The lowest BCUT2D eigenvalue weighted by atomic mass is 9.98. The number of fused-ring (bicyclic) bond motifs is 9. The first-order chi connectivity index (χ1) is 28.2. The summed E-state index contributed by atoms with van der Waals surface area (Å²) in [5.74, 6) is 1.81. The molecule has 0 bridgehead atoms. The van der Waals surface area contributed by atoms with Crippen molar-refractivity contribution < 1.29 is 4.42 Å². The van der Waals surface area contributed by atoms with Crippen molar-refractivity contribution in [1.82, 2.24) is 15.0 Å². The molecule has 0 aliphatic rings. The molecule has 4 aromatic heterocycles. The van der Waals surface area contributed by atoms with Crippen molar-refractivity contribution in [2.75, 3.05) is 0 Å². The number of hydrogen-bond acceptors (Lipinski definition) is 6. The Kier molecular flexibility index (Phi) is 7.24. The maximum atomic E-state index is 7.00. The van der Waals surface area contributed by atoms with E-state index in [1.165, 1.54) is 51.5 Å². The molecule has 4 nitrogen and oxygen atoms in total. The molecule has 12 aromatic rings. The third kappa shape index (κ3) is 5.15. The lowest BCUT2D eigenvalue weighted by Gasteiger charge is -2.08. The van der Waals surface area contributed by atoms with Crippen LogP contribution in [0.2, 0.25) is 0 Å². The van der Waals surface area contributed by atoms with Gasteiger partial charge in [-0.1, -0.05) is 152 Å². The Morgan fingerprint density at radius 3 is 1.53 bits per heavy atom. The van der Waals surface area contributed by atoms with Crippen LogP contribution in [0.4, 0.5) is 0 Å². The maximum absolute atomic E-state index is 7.00. The van der Waals surface area contributed by atoms with Crippen LogP contribution in [0.15, 0.2) is 180 Å². The summed E-state index contributed by atoms with van der Waals surface area (Å²) in [5.41, 5.74) is 8.99. The first kappa shape index (κ1) is 32.3. The van der Waals surface area contributed by atoms with Crippen molar-refractivity contribution in [3.8, 4) is 56.4 Å². The van der Waals surface area contributed by atoms with E-state index in [4.69, 9.17) is 19.4 Å². The van der Waals surface area contributed by atoms with E-state index < -0.39 is 0 Å². The van der Waals surface area contributed by atoms with Crippen molar-refractivity contribution in [1.29, 1.82) is 0 Å². The monoisotopic (exact) mass is 763 g/mol. The zero-order chi connectivity index (χ0) is 37.5. The van der Waals surface area contributed by atoms with Crippen molar-refractivity contribution in [3.63, 3.8) is 0 Å². The fraction of sp³-hybridized carbons (Fsp3) is 0. The molecule has 266 valence electrons. The van der Waals surface area contributed by atoms with Gasteiger partial charge in [0.15, 0.2) is 17.5 Å². The summed E-state index contributed by atoms with van der Waals surface area (Å²) >= 11 is 3.72. The Balaban J connectivity index is 1.04. The van der Waals surface area contributed by atoms with Gasteiger partial charge in [0.2, 0.25) is 0 Å². The molecular formula is C51H29N3OS2. The average Bonchev–Trinajstić information content (AvgIpc) is 3.98. The second-order valence-corrected chi connectivity index (χ2v) is 16.4. The lowest BCUT2D eigenvalue weighted by Crippen LogP contribution is -2.00. The van der Waals surface area contributed by atoms with Crippen LogP contribution >= 0.6 is 22.7 Å². The minimum Gasteiger partial charge on any atom is -0.455 e. The summed E-state index contributed by atoms with van der Waals surface area (Å²) in [6, 6.07) is 61.9. The quantitative estimate of drug-likeness (QED) is 0.175. The van der Waals surface area contributed by atoms with Gasteiger partial charge >= 0.3 is 0 Å². The number of furan rings is 1. The minimum atomic E-state index is 0.571. The van der Waals surface area contributed by atoms with Gasteiger partial charge in [-0.3, -0.25) is 0 Å². The fourth-order valence-electron chi connectivity index (χ4n) is 8.29. The van der Waals surface area contributed by atoms with E-state index in [0.717, 1.165) is 49.8 Å². The molecule has 0 N–H and O–H groups in total. The number of para-hydroxylation sites is 2. The maximum Gasteiger partial charge on any atom is 0.167 e. The molecule has 0 atom stereocenters. The molecule has 0 aliphatic heterocycles. The van der Waals surface area contributed by atoms with Crippen molar-refractivity contribution >= 4 is 85.0 Å². The van der Waals surface area contributed by atoms with Gasteiger partial charge in [-0.25, -0.2) is 15.0 Å². The predicted molar refractivity (Wildman–Crippen MR) is 240 cm³/mol. The first-order valence-corrected chi connectivity index (χ1v) is 20.6. The molecule has 0 saturated heterocycles. The molecule has 0 spiro atoms. The topological polar surface area (TPSA) is 51.8 Å². The highest BCUT2D eigenvalue weighted by Crippen LogP contribution is 2.47. The molecule has 6 heteroatoms. The third-order valence-corrected chi connectivity index (χ3v) is 13.4. The lowest BCUT2D eigenvalue weighted by molar-refractivity contribution is 0.670. The molecule has 4 heterocycles. The number of rotatable bonds is 5. The summed E-state index contributed by atoms with van der Waals surface area (Å²) in [6.07, 6.45) is 0. The van der Waals surface area contributed by atoms with Gasteiger partial charge in [0, 0.05) is 73.4 Å². The van der Waals surface area contributed by atoms with Crippen molar-refractivity contribution in [2.45, 2.75) is 0 Å². The largest absolute Gasteiger partial charge is 0.455 e. The second-order valence-electron chi connectivity index (χ2n) is 14.3. The van der Waals surface area contributed by atoms with Gasteiger partial charge in [-0.05, 0) is 35.4 Å². The van der Waals surface area contributed by atoms with E-state index in [9.17, 15) is 0 Å². The molecule has 0 unspecified atom stereocenters. The van der Waals surface area contributed by atoms with E-state index in [2.05, 4.69) is 109 Å². The molecular weight excluding hydrogens is 735 g/mol. The zero-order valence-corrected chi connectivity index (χ0v) is 31.9. The first-order valence-electron chi connectivity index (χ1n) is 18.9. The molecule has 0 fully saturated rings. The van der Waals surface area contributed by atoms with E-state index in [-0.39, 0.29) is 0 Å². The molecule has 0 radical (unpaired) electrons.